The minimum Gasteiger partial charge on any atom is -0.364 e. The van der Waals surface area contributed by atoms with Crippen LogP contribution in [-0.2, 0) is 0 Å². The van der Waals surface area contributed by atoms with Gasteiger partial charge >= 0.3 is 0 Å². The molecule has 7 nitrogen and oxygen atoms in total. The van der Waals surface area contributed by atoms with E-state index in [1.807, 2.05) is 25.1 Å². The molecule has 0 aliphatic rings. The summed E-state index contributed by atoms with van der Waals surface area (Å²) in [5.74, 6) is -0.665. The summed E-state index contributed by atoms with van der Waals surface area (Å²) in [6, 6.07) is 10.4. The maximum atomic E-state index is 12.6. The summed E-state index contributed by atoms with van der Waals surface area (Å²) >= 11 is 0. The summed E-state index contributed by atoms with van der Waals surface area (Å²) in [6.07, 6.45) is 0.733. The number of carbonyl (C=O) groups excluding carboxylic acids is 2. The third-order valence-electron chi connectivity index (χ3n) is 3.92. The highest BCUT2D eigenvalue weighted by Crippen LogP contribution is 2.17. The van der Waals surface area contributed by atoms with Crippen molar-refractivity contribution in [2.75, 3.05) is 6.54 Å². The van der Waals surface area contributed by atoms with Gasteiger partial charge in [0.25, 0.3) is 11.8 Å². The van der Waals surface area contributed by atoms with Gasteiger partial charge in [-0.25, -0.2) is 4.68 Å². The van der Waals surface area contributed by atoms with E-state index in [0.29, 0.717) is 18.2 Å². The Bertz CT molecular complexity index is 754. The molecule has 2 aromatic rings. The SMILES string of the molecule is CC(C)CC(C)(CN)NC(=O)c1cc(C(N)=O)n(-c2ccccc2)n1. The Morgan fingerprint density at radius 2 is 1.92 bits per heavy atom. The number of nitrogens with one attached hydrogen (secondary N) is 1. The van der Waals surface area contributed by atoms with Gasteiger partial charge in [-0.15, -0.1) is 0 Å². The number of nitrogens with two attached hydrogens (primary N) is 2. The molecule has 0 spiro atoms. The Kier molecular flexibility index (Phi) is 5.58. The van der Waals surface area contributed by atoms with E-state index in [2.05, 4.69) is 24.3 Å². The van der Waals surface area contributed by atoms with Gasteiger partial charge < -0.3 is 16.8 Å². The molecule has 0 saturated heterocycles. The molecule has 1 aromatic carbocycles. The topological polar surface area (TPSA) is 116 Å². The number of hydrogen-bond donors (Lipinski definition) is 3. The van der Waals surface area contributed by atoms with Gasteiger partial charge in [-0.05, 0) is 31.4 Å². The van der Waals surface area contributed by atoms with E-state index in [0.717, 1.165) is 6.42 Å². The molecule has 0 saturated carbocycles. The van der Waals surface area contributed by atoms with Crippen LogP contribution in [0.1, 0.15) is 48.2 Å². The zero-order valence-electron chi connectivity index (χ0n) is 14.8. The molecule has 1 aromatic heterocycles. The number of aromatic nitrogens is 2. The lowest BCUT2D eigenvalue weighted by Crippen LogP contribution is -2.52. The monoisotopic (exact) mass is 343 g/mol. The number of primary amides is 1. The normalized spacial score (nSPS) is 13.5. The molecule has 2 amide bonds. The highest BCUT2D eigenvalue weighted by Gasteiger charge is 2.28. The summed E-state index contributed by atoms with van der Waals surface area (Å²) in [5, 5.41) is 7.19. The van der Waals surface area contributed by atoms with Crippen LogP contribution in [0.4, 0.5) is 0 Å². The molecular weight excluding hydrogens is 318 g/mol. The molecule has 134 valence electrons. The molecule has 7 heteroatoms. The minimum atomic E-state index is -0.654. The molecule has 0 radical (unpaired) electrons. The second-order valence-electron chi connectivity index (χ2n) is 6.84. The van der Waals surface area contributed by atoms with Crippen molar-refractivity contribution in [3.63, 3.8) is 0 Å². The maximum Gasteiger partial charge on any atom is 0.272 e. The van der Waals surface area contributed by atoms with Gasteiger partial charge in [0, 0.05) is 12.6 Å². The molecule has 1 heterocycles. The molecule has 0 fully saturated rings. The molecule has 2 rings (SSSR count). The van der Waals surface area contributed by atoms with Gasteiger partial charge in [0.15, 0.2) is 5.69 Å². The molecule has 0 bridgehead atoms. The maximum absolute atomic E-state index is 12.6. The van der Waals surface area contributed by atoms with Crippen molar-refractivity contribution in [3.05, 3.63) is 47.8 Å². The third-order valence-corrected chi connectivity index (χ3v) is 3.92. The second kappa shape index (κ2) is 7.48. The lowest BCUT2D eigenvalue weighted by molar-refractivity contribution is 0.0892. The predicted molar refractivity (Wildman–Crippen MR) is 96.5 cm³/mol. The van der Waals surface area contributed by atoms with E-state index in [1.54, 1.807) is 12.1 Å². The number of hydrogen-bond acceptors (Lipinski definition) is 4. The van der Waals surface area contributed by atoms with Crippen LogP contribution in [0, 0.1) is 5.92 Å². The van der Waals surface area contributed by atoms with Crippen LogP contribution in [0.25, 0.3) is 5.69 Å². The van der Waals surface area contributed by atoms with Gasteiger partial charge in [0.05, 0.1) is 11.2 Å². The zero-order chi connectivity index (χ0) is 18.6. The minimum absolute atomic E-state index is 0.126. The Balaban J connectivity index is 2.34. The van der Waals surface area contributed by atoms with Gasteiger partial charge in [0.1, 0.15) is 5.69 Å². The van der Waals surface area contributed by atoms with Crippen LogP contribution < -0.4 is 16.8 Å². The first-order chi connectivity index (χ1) is 11.8. The summed E-state index contributed by atoms with van der Waals surface area (Å²) < 4.78 is 1.37. The van der Waals surface area contributed by atoms with Crippen molar-refractivity contribution in [2.45, 2.75) is 32.7 Å². The quantitative estimate of drug-likeness (QED) is 0.705. The molecule has 0 aliphatic heterocycles. The Hall–Kier alpha value is -2.67. The number of amides is 2. The van der Waals surface area contributed by atoms with Gasteiger partial charge in [-0.2, -0.15) is 5.10 Å². The number of carbonyl (C=O) groups is 2. The molecule has 1 unspecified atom stereocenters. The Morgan fingerprint density at radius 3 is 2.44 bits per heavy atom. The number of rotatable bonds is 7. The van der Waals surface area contributed by atoms with Gasteiger partial charge in [-0.3, -0.25) is 9.59 Å². The smallest absolute Gasteiger partial charge is 0.272 e. The van der Waals surface area contributed by atoms with Crippen molar-refractivity contribution in [3.8, 4) is 5.69 Å². The third kappa shape index (κ3) is 4.45. The first kappa shape index (κ1) is 18.7. The van der Waals surface area contributed by atoms with Crippen LogP contribution in [0.3, 0.4) is 0 Å². The lowest BCUT2D eigenvalue weighted by atomic mass is 9.90. The van der Waals surface area contributed by atoms with Crippen molar-refractivity contribution in [1.29, 1.82) is 0 Å². The van der Waals surface area contributed by atoms with Crippen LogP contribution in [-0.4, -0.2) is 33.7 Å². The van der Waals surface area contributed by atoms with Crippen molar-refractivity contribution < 1.29 is 9.59 Å². The lowest BCUT2D eigenvalue weighted by Gasteiger charge is -2.30. The summed E-state index contributed by atoms with van der Waals surface area (Å²) in [7, 11) is 0. The second-order valence-corrected chi connectivity index (χ2v) is 6.84. The van der Waals surface area contributed by atoms with Gasteiger partial charge in [0.2, 0.25) is 0 Å². The van der Waals surface area contributed by atoms with E-state index in [4.69, 9.17) is 11.5 Å². The number of benzene rings is 1. The fraction of sp³-hybridized carbons (Fsp3) is 0.389. The average Bonchev–Trinajstić information content (AvgIpc) is 3.00. The van der Waals surface area contributed by atoms with Crippen LogP contribution in [0.5, 0.6) is 0 Å². The molecule has 1 atom stereocenters. The molecular formula is C18H25N5O2. The largest absolute Gasteiger partial charge is 0.364 e. The highest BCUT2D eigenvalue weighted by molar-refractivity contribution is 5.98. The Labute approximate surface area is 147 Å². The number of nitrogens with zero attached hydrogens (tertiary/aromatic N) is 2. The first-order valence-corrected chi connectivity index (χ1v) is 8.23. The number of para-hydroxylation sites is 1. The first-order valence-electron chi connectivity index (χ1n) is 8.23. The molecule has 25 heavy (non-hydrogen) atoms. The van der Waals surface area contributed by atoms with E-state index in [1.165, 1.54) is 10.7 Å². The average molecular weight is 343 g/mol. The fourth-order valence-electron chi connectivity index (χ4n) is 2.86. The van der Waals surface area contributed by atoms with E-state index < -0.39 is 11.4 Å². The zero-order valence-corrected chi connectivity index (χ0v) is 14.8. The summed E-state index contributed by atoms with van der Waals surface area (Å²) in [4.78, 5) is 24.4. The fourth-order valence-corrected chi connectivity index (χ4v) is 2.86. The summed E-state index contributed by atoms with van der Waals surface area (Å²) in [5.41, 5.74) is 11.7. The standard InChI is InChI=1S/C18H25N5O2/c1-12(2)10-18(3,11-19)21-17(25)14-9-15(16(20)24)23(22-14)13-7-5-4-6-8-13/h4-9,12H,10-11,19H2,1-3H3,(H2,20,24)(H,21,25). The van der Waals surface area contributed by atoms with Crippen LogP contribution >= 0.6 is 0 Å². The Morgan fingerprint density at radius 1 is 1.28 bits per heavy atom. The van der Waals surface area contributed by atoms with Crippen LogP contribution in [0.2, 0.25) is 0 Å². The molecule has 5 N–H and O–H groups in total. The van der Waals surface area contributed by atoms with Crippen molar-refractivity contribution >= 4 is 11.8 Å². The van der Waals surface area contributed by atoms with Crippen LogP contribution in [0.15, 0.2) is 36.4 Å². The van der Waals surface area contributed by atoms with Crippen molar-refractivity contribution in [1.82, 2.24) is 15.1 Å². The molecule has 0 aliphatic carbocycles. The predicted octanol–water partition coefficient (Wildman–Crippen LogP) is 1.46. The van der Waals surface area contributed by atoms with E-state index in [-0.39, 0.29) is 17.3 Å². The highest BCUT2D eigenvalue weighted by atomic mass is 16.2. The summed E-state index contributed by atoms with van der Waals surface area (Å²) in [6.45, 7) is 6.33. The van der Waals surface area contributed by atoms with Gasteiger partial charge in [-0.1, -0.05) is 32.0 Å². The van der Waals surface area contributed by atoms with Crippen molar-refractivity contribution in [2.24, 2.45) is 17.4 Å². The van der Waals surface area contributed by atoms with E-state index >= 15 is 0 Å². The van der Waals surface area contributed by atoms with E-state index in [9.17, 15) is 9.59 Å².